The van der Waals surface area contributed by atoms with Crippen molar-refractivity contribution in [2.45, 2.75) is 32.3 Å². The Morgan fingerprint density at radius 2 is 2.20 bits per heavy atom. The molecule has 1 aromatic carbocycles. The number of nitrogen functional groups attached to an aromatic ring is 1. The van der Waals surface area contributed by atoms with E-state index in [2.05, 4.69) is 6.07 Å². The SMILES string of the molecule is Nc1cccc(COCCC2CCC2)c1. The Morgan fingerprint density at radius 3 is 2.87 bits per heavy atom. The molecule has 82 valence electrons. The Bertz CT molecular complexity index is 307. The Hall–Kier alpha value is -1.02. The van der Waals surface area contributed by atoms with Gasteiger partial charge in [0.25, 0.3) is 0 Å². The maximum Gasteiger partial charge on any atom is 0.0717 e. The van der Waals surface area contributed by atoms with Crippen LogP contribution in [0.4, 0.5) is 5.69 Å². The van der Waals surface area contributed by atoms with Crippen LogP contribution in [0.25, 0.3) is 0 Å². The molecule has 1 aromatic rings. The van der Waals surface area contributed by atoms with E-state index >= 15 is 0 Å². The van der Waals surface area contributed by atoms with Crippen LogP contribution in [0, 0.1) is 5.92 Å². The minimum atomic E-state index is 0.692. The third-order valence-corrected chi connectivity index (χ3v) is 3.11. The second kappa shape index (κ2) is 5.17. The quantitative estimate of drug-likeness (QED) is 0.592. The lowest BCUT2D eigenvalue weighted by Gasteiger charge is -2.24. The number of benzene rings is 1. The second-order valence-electron chi connectivity index (χ2n) is 4.38. The zero-order chi connectivity index (χ0) is 10.5. The van der Waals surface area contributed by atoms with E-state index < -0.39 is 0 Å². The molecule has 0 unspecified atom stereocenters. The highest BCUT2D eigenvalue weighted by atomic mass is 16.5. The van der Waals surface area contributed by atoms with Crippen LogP contribution in [0.5, 0.6) is 0 Å². The van der Waals surface area contributed by atoms with Crippen molar-refractivity contribution in [2.75, 3.05) is 12.3 Å². The van der Waals surface area contributed by atoms with E-state index in [-0.39, 0.29) is 0 Å². The summed E-state index contributed by atoms with van der Waals surface area (Å²) in [5.74, 6) is 0.936. The van der Waals surface area contributed by atoms with Gasteiger partial charge in [0.05, 0.1) is 6.61 Å². The van der Waals surface area contributed by atoms with Gasteiger partial charge in [0, 0.05) is 12.3 Å². The summed E-state index contributed by atoms with van der Waals surface area (Å²) in [6, 6.07) is 7.90. The summed E-state index contributed by atoms with van der Waals surface area (Å²) >= 11 is 0. The fourth-order valence-corrected chi connectivity index (χ4v) is 1.90. The molecule has 0 saturated heterocycles. The van der Waals surface area contributed by atoms with E-state index in [9.17, 15) is 0 Å². The Labute approximate surface area is 91.4 Å². The summed E-state index contributed by atoms with van der Waals surface area (Å²) in [5, 5.41) is 0. The zero-order valence-corrected chi connectivity index (χ0v) is 9.11. The Morgan fingerprint density at radius 1 is 1.33 bits per heavy atom. The van der Waals surface area contributed by atoms with Crippen LogP contribution in [-0.2, 0) is 11.3 Å². The van der Waals surface area contributed by atoms with E-state index in [0.717, 1.165) is 18.2 Å². The summed E-state index contributed by atoms with van der Waals surface area (Å²) in [6.07, 6.45) is 5.45. The first-order chi connectivity index (χ1) is 7.34. The van der Waals surface area contributed by atoms with E-state index in [1.165, 1.54) is 31.2 Å². The first-order valence-electron chi connectivity index (χ1n) is 5.77. The molecular weight excluding hydrogens is 186 g/mol. The van der Waals surface area contributed by atoms with E-state index in [1.54, 1.807) is 0 Å². The van der Waals surface area contributed by atoms with Crippen molar-refractivity contribution < 1.29 is 4.74 Å². The van der Waals surface area contributed by atoms with E-state index in [0.29, 0.717) is 6.61 Å². The summed E-state index contributed by atoms with van der Waals surface area (Å²) in [6.45, 7) is 1.58. The maximum absolute atomic E-state index is 5.69. The molecule has 0 atom stereocenters. The normalized spacial score (nSPS) is 16.3. The van der Waals surface area contributed by atoms with Gasteiger partial charge in [-0.3, -0.25) is 0 Å². The highest BCUT2D eigenvalue weighted by molar-refractivity contribution is 5.40. The first-order valence-corrected chi connectivity index (χ1v) is 5.77. The lowest BCUT2D eigenvalue weighted by atomic mass is 9.83. The summed E-state index contributed by atoms with van der Waals surface area (Å²) in [7, 11) is 0. The predicted octanol–water partition coefficient (Wildman–Crippen LogP) is 2.98. The Kier molecular flexibility index (Phi) is 3.62. The van der Waals surface area contributed by atoms with Crippen molar-refractivity contribution in [1.82, 2.24) is 0 Å². The maximum atomic E-state index is 5.69. The molecule has 1 aliphatic rings. The predicted molar refractivity (Wildman–Crippen MR) is 62.5 cm³/mol. The molecule has 0 aromatic heterocycles. The van der Waals surface area contributed by atoms with Crippen LogP contribution < -0.4 is 5.73 Å². The number of ether oxygens (including phenoxy) is 1. The summed E-state index contributed by atoms with van der Waals surface area (Å²) in [4.78, 5) is 0. The van der Waals surface area contributed by atoms with Crippen LogP contribution >= 0.6 is 0 Å². The topological polar surface area (TPSA) is 35.2 Å². The van der Waals surface area contributed by atoms with Gasteiger partial charge in [-0.05, 0) is 30.0 Å². The van der Waals surface area contributed by atoms with Crippen molar-refractivity contribution in [3.8, 4) is 0 Å². The van der Waals surface area contributed by atoms with E-state index in [1.807, 2.05) is 18.2 Å². The minimum Gasteiger partial charge on any atom is -0.399 e. The molecule has 0 aliphatic heterocycles. The first kappa shape index (κ1) is 10.5. The molecule has 2 nitrogen and oxygen atoms in total. The van der Waals surface area contributed by atoms with Crippen molar-refractivity contribution in [1.29, 1.82) is 0 Å². The fourth-order valence-electron chi connectivity index (χ4n) is 1.90. The highest BCUT2D eigenvalue weighted by Crippen LogP contribution is 2.29. The van der Waals surface area contributed by atoms with Crippen LogP contribution in [-0.4, -0.2) is 6.61 Å². The molecule has 1 fully saturated rings. The van der Waals surface area contributed by atoms with Crippen molar-refractivity contribution in [3.63, 3.8) is 0 Å². The number of hydrogen-bond donors (Lipinski definition) is 1. The fraction of sp³-hybridized carbons (Fsp3) is 0.538. The number of anilines is 1. The lowest BCUT2D eigenvalue weighted by Crippen LogP contribution is -2.13. The molecule has 15 heavy (non-hydrogen) atoms. The minimum absolute atomic E-state index is 0.692. The molecule has 0 bridgehead atoms. The number of hydrogen-bond acceptors (Lipinski definition) is 2. The molecule has 2 rings (SSSR count). The van der Waals surface area contributed by atoms with Crippen LogP contribution in [0.1, 0.15) is 31.2 Å². The van der Waals surface area contributed by atoms with Gasteiger partial charge in [-0.25, -0.2) is 0 Å². The van der Waals surface area contributed by atoms with Gasteiger partial charge < -0.3 is 10.5 Å². The lowest BCUT2D eigenvalue weighted by molar-refractivity contribution is 0.0950. The number of rotatable bonds is 5. The zero-order valence-electron chi connectivity index (χ0n) is 9.11. The van der Waals surface area contributed by atoms with Gasteiger partial charge in [0.2, 0.25) is 0 Å². The molecule has 0 spiro atoms. The number of nitrogens with two attached hydrogens (primary N) is 1. The summed E-state index contributed by atoms with van der Waals surface area (Å²) < 4.78 is 5.63. The molecule has 2 N–H and O–H groups in total. The molecule has 2 heteroatoms. The summed E-state index contributed by atoms with van der Waals surface area (Å²) in [5.41, 5.74) is 7.67. The highest BCUT2D eigenvalue weighted by Gasteiger charge is 2.16. The average Bonchev–Trinajstić information content (AvgIpc) is 2.15. The smallest absolute Gasteiger partial charge is 0.0717 e. The van der Waals surface area contributed by atoms with E-state index in [4.69, 9.17) is 10.5 Å². The second-order valence-corrected chi connectivity index (χ2v) is 4.38. The van der Waals surface area contributed by atoms with Gasteiger partial charge in [-0.15, -0.1) is 0 Å². The van der Waals surface area contributed by atoms with Crippen molar-refractivity contribution in [2.24, 2.45) is 5.92 Å². The largest absolute Gasteiger partial charge is 0.399 e. The molecule has 0 radical (unpaired) electrons. The average molecular weight is 205 g/mol. The van der Waals surface area contributed by atoms with Gasteiger partial charge in [-0.1, -0.05) is 31.4 Å². The van der Waals surface area contributed by atoms with Gasteiger partial charge in [-0.2, -0.15) is 0 Å². The van der Waals surface area contributed by atoms with Crippen LogP contribution in [0.15, 0.2) is 24.3 Å². The van der Waals surface area contributed by atoms with Gasteiger partial charge >= 0.3 is 0 Å². The third-order valence-electron chi connectivity index (χ3n) is 3.11. The van der Waals surface area contributed by atoms with Crippen molar-refractivity contribution >= 4 is 5.69 Å². The molecule has 1 saturated carbocycles. The molecule has 0 amide bonds. The van der Waals surface area contributed by atoms with Gasteiger partial charge in [0.1, 0.15) is 0 Å². The third kappa shape index (κ3) is 3.24. The Balaban J connectivity index is 1.64. The van der Waals surface area contributed by atoms with Crippen LogP contribution in [0.2, 0.25) is 0 Å². The van der Waals surface area contributed by atoms with Gasteiger partial charge in [0.15, 0.2) is 0 Å². The standard InChI is InChI=1S/C13H19NO/c14-13-6-2-5-12(9-13)10-15-8-7-11-3-1-4-11/h2,5-6,9,11H,1,3-4,7-8,10,14H2. The van der Waals surface area contributed by atoms with Crippen LogP contribution in [0.3, 0.4) is 0 Å². The van der Waals surface area contributed by atoms with Crippen molar-refractivity contribution in [3.05, 3.63) is 29.8 Å². The molecule has 1 aliphatic carbocycles. The molecular formula is C13H19NO. The monoisotopic (exact) mass is 205 g/mol. The molecule has 0 heterocycles.